The van der Waals surface area contributed by atoms with Gasteiger partial charge in [-0.25, -0.2) is 0 Å². The molecule has 1 N–H and O–H groups in total. The molecule has 1 heterocycles. The van der Waals surface area contributed by atoms with Gasteiger partial charge in [0.2, 0.25) is 0 Å². The first kappa shape index (κ1) is 11.3. The Bertz CT molecular complexity index is 253. The van der Waals surface area contributed by atoms with Gasteiger partial charge in [-0.2, -0.15) is 0 Å². The first-order valence-corrected chi connectivity index (χ1v) is 5.46. The van der Waals surface area contributed by atoms with Crippen molar-refractivity contribution < 1.29 is 9.52 Å². The van der Waals surface area contributed by atoms with Crippen LogP contribution in [-0.4, -0.2) is 11.7 Å². The van der Waals surface area contributed by atoms with Crippen LogP contribution in [-0.2, 0) is 6.42 Å². The first-order valence-electron chi connectivity index (χ1n) is 5.46. The van der Waals surface area contributed by atoms with Crippen LogP contribution >= 0.6 is 0 Å². The van der Waals surface area contributed by atoms with Crippen molar-refractivity contribution in [3.05, 3.63) is 23.7 Å². The minimum atomic E-state index is 0.188. The third-order valence-corrected chi connectivity index (χ3v) is 2.54. The highest BCUT2D eigenvalue weighted by molar-refractivity contribution is 5.17. The number of unbranched alkanes of at least 4 members (excludes halogenated alkanes) is 2. The highest BCUT2D eigenvalue weighted by Crippen LogP contribution is 2.19. The average molecular weight is 196 g/mol. The molecule has 0 saturated carbocycles. The molecule has 1 unspecified atom stereocenters. The zero-order valence-electron chi connectivity index (χ0n) is 9.12. The fourth-order valence-electron chi connectivity index (χ4n) is 1.44. The van der Waals surface area contributed by atoms with Gasteiger partial charge >= 0.3 is 0 Å². The fourth-order valence-corrected chi connectivity index (χ4v) is 1.44. The normalized spacial score (nSPS) is 13.1. The van der Waals surface area contributed by atoms with E-state index in [0.29, 0.717) is 0 Å². The van der Waals surface area contributed by atoms with E-state index in [1.54, 1.807) is 6.26 Å². The predicted molar refractivity (Wildman–Crippen MR) is 57.4 cm³/mol. The highest BCUT2D eigenvalue weighted by Gasteiger charge is 2.07. The Labute approximate surface area is 85.9 Å². The minimum absolute atomic E-state index is 0.188. The monoisotopic (exact) mass is 196 g/mol. The number of aliphatic hydroxyl groups is 1. The number of furan rings is 1. The van der Waals surface area contributed by atoms with Crippen LogP contribution in [0.25, 0.3) is 0 Å². The molecule has 0 radical (unpaired) electrons. The topological polar surface area (TPSA) is 33.4 Å². The van der Waals surface area contributed by atoms with E-state index in [2.05, 4.69) is 13.0 Å². The Balaban J connectivity index is 2.42. The molecule has 1 aromatic heterocycles. The molecule has 0 spiro atoms. The summed E-state index contributed by atoms with van der Waals surface area (Å²) in [6.07, 6.45) is 6.47. The van der Waals surface area contributed by atoms with E-state index in [1.165, 1.54) is 19.3 Å². The van der Waals surface area contributed by atoms with E-state index >= 15 is 0 Å². The lowest BCUT2D eigenvalue weighted by molar-refractivity contribution is 0.272. The summed E-state index contributed by atoms with van der Waals surface area (Å²) in [5.74, 6) is 1.24. The number of hydrogen-bond donors (Lipinski definition) is 1. The molecular weight excluding hydrogens is 176 g/mol. The van der Waals surface area contributed by atoms with Crippen molar-refractivity contribution in [2.75, 3.05) is 6.61 Å². The van der Waals surface area contributed by atoms with Gasteiger partial charge in [0.25, 0.3) is 0 Å². The Morgan fingerprint density at radius 1 is 1.43 bits per heavy atom. The quantitative estimate of drug-likeness (QED) is 0.709. The molecular formula is C12H20O2. The fraction of sp³-hybridized carbons (Fsp3) is 0.667. The molecule has 80 valence electrons. The van der Waals surface area contributed by atoms with Crippen LogP contribution in [0.15, 0.2) is 16.7 Å². The van der Waals surface area contributed by atoms with E-state index in [4.69, 9.17) is 9.52 Å². The smallest absolute Gasteiger partial charge is 0.104 e. The highest BCUT2D eigenvalue weighted by atomic mass is 16.3. The Morgan fingerprint density at radius 2 is 2.21 bits per heavy atom. The molecule has 0 aliphatic carbocycles. The lowest BCUT2D eigenvalue weighted by Gasteiger charge is -2.01. The molecule has 0 fully saturated rings. The summed E-state index contributed by atoms with van der Waals surface area (Å²) in [6, 6.07) is 2.07. The molecule has 1 aromatic rings. The lowest BCUT2D eigenvalue weighted by Crippen LogP contribution is -1.96. The average Bonchev–Trinajstić information content (AvgIpc) is 2.66. The SMILES string of the molecule is CCCCCc1cc(C(C)CO)co1. The molecule has 0 amide bonds. The van der Waals surface area contributed by atoms with E-state index in [-0.39, 0.29) is 12.5 Å². The van der Waals surface area contributed by atoms with Gasteiger partial charge in [-0.15, -0.1) is 0 Å². The van der Waals surface area contributed by atoms with E-state index in [9.17, 15) is 0 Å². The molecule has 0 aromatic carbocycles. The Kier molecular flexibility index (Phi) is 4.74. The first-order chi connectivity index (χ1) is 6.77. The second-order valence-corrected chi connectivity index (χ2v) is 3.89. The third kappa shape index (κ3) is 3.18. The van der Waals surface area contributed by atoms with Crippen molar-refractivity contribution in [3.8, 4) is 0 Å². The molecule has 0 saturated heterocycles. The Hall–Kier alpha value is -0.760. The van der Waals surface area contributed by atoms with Gasteiger partial charge in [0, 0.05) is 18.9 Å². The van der Waals surface area contributed by atoms with Crippen LogP contribution < -0.4 is 0 Å². The van der Waals surface area contributed by atoms with E-state index in [1.807, 2.05) is 6.92 Å². The van der Waals surface area contributed by atoms with Gasteiger partial charge in [-0.3, -0.25) is 0 Å². The number of aliphatic hydroxyl groups excluding tert-OH is 1. The van der Waals surface area contributed by atoms with Crippen molar-refractivity contribution in [2.45, 2.75) is 45.4 Å². The van der Waals surface area contributed by atoms with Gasteiger partial charge in [-0.05, 0) is 18.1 Å². The van der Waals surface area contributed by atoms with Crippen LogP contribution in [0.3, 0.4) is 0 Å². The van der Waals surface area contributed by atoms with Crippen molar-refractivity contribution in [1.29, 1.82) is 0 Å². The van der Waals surface area contributed by atoms with Crippen LogP contribution in [0.2, 0.25) is 0 Å². The van der Waals surface area contributed by atoms with Crippen LogP contribution in [0.1, 0.15) is 50.4 Å². The molecule has 1 rings (SSSR count). The zero-order valence-corrected chi connectivity index (χ0v) is 9.12. The third-order valence-electron chi connectivity index (χ3n) is 2.54. The maximum absolute atomic E-state index is 8.97. The van der Waals surface area contributed by atoms with Gasteiger partial charge < -0.3 is 9.52 Å². The van der Waals surface area contributed by atoms with Gasteiger partial charge in [0.15, 0.2) is 0 Å². The summed E-state index contributed by atoms with van der Waals surface area (Å²) < 4.78 is 5.42. The summed E-state index contributed by atoms with van der Waals surface area (Å²) in [5, 5.41) is 8.97. The van der Waals surface area contributed by atoms with Gasteiger partial charge in [0.05, 0.1) is 6.26 Å². The maximum Gasteiger partial charge on any atom is 0.104 e. The van der Waals surface area contributed by atoms with Crippen molar-refractivity contribution in [3.63, 3.8) is 0 Å². The predicted octanol–water partition coefficient (Wildman–Crippen LogP) is 3.11. The van der Waals surface area contributed by atoms with Crippen LogP contribution in [0.5, 0.6) is 0 Å². The number of rotatable bonds is 6. The van der Waals surface area contributed by atoms with Crippen LogP contribution in [0.4, 0.5) is 0 Å². The Morgan fingerprint density at radius 3 is 2.86 bits per heavy atom. The van der Waals surface area contributed by atoms with Crippen molar-refractivity contribution >= 4 is 0 Å². The summed E-state index contributed by atoms with van der Waals surface area (Å²) in [5.41, 5.74) is 1.11. The second kappa shape index (κ2) is 5.86. The second-order valence-electron chi connectivity index (χ2n) is 3.89. The van der Waals surface area contributed by atoms with Gasteiger partial charge in [0.1, 0.15) is 5.76 Å². The molecule has 14 heavy (non-hydrogen) atoms. The summed E-state index contributed by atoms with van der Waals surface area (Å²) in [6.45, 7) is 4.38. The maximum atomic E-state index is 8.97. The van der Waals surface area contributed by atoms with Crippen molar-refractivity contribution in [2.24, 2.45) is 0 Å². The molecule has 1 atom stereocenters. The van der Waals surface area contributed by atoms with Crippen molar-refractivity contribution in [1.82, 2.24) is 0 Å². The largest absolute Gasteiger partial charge is 0.469 e. The molecule has 2 heteroatoms. The minimum Gasteiger partial charge on any atom is -0.469 e. The summed E-state index contributed by atoms with van der Waals surface area (Å²) in [7, 11) is 0. The zero-order chi connectivity index (χ0) is 10.4. The number of hydrogen-bond acceptors (Lipinski definition) is 2. The standard InChI is InChI=1S/C12H20O2/c1-3-4-5-6-12-7-11(9-14-12)10(2)8-13/h7,9-10,13H,3-6,8H2,1-2H3. The van der Waals surface area contributed by atoms with Crippen LogP contribution in [0, 0.1) is 0 Å². The molecule has 0 aliphatic heterocycles. The molecule has 0 aliphatic rings. The lowest BCUT2D eigenvalue weighted by atomic mass is 10.1. The van der Waals surface area contributed by atoms with E-state index in [0.717, 1.165) is 17.7 Å². The summed E-state index contributed by atoms with van der Waals surface area (Å²) >= 11 is 0. The molecule has 0 bridgehead atoms. The van der Waals surface area contributed by atoms with Gasteiger partial charge in [-0.1, -0.05) is 26.7 Å². The summed E-state index contributed by atoms with van der Waals surface area (Å²) in [4.78, 5) is 0. The molecule has 2 nitrogen and oxygen atoms in total. The van der Waals surface area contributed by atoms with E-state index < -0.39 is 0 Å². The number of aryl methyl sites for hydroxylation is 1.